The van der Waals surface area contributed by atoms with Crippen molar-refractivity contribution in [3.8, 4) is 0 Å². The molecule has 5 rings (SSSR count). The minimum Gasteiger partial charge on any atom is -0.378 e. The van der Waals surface area contributed by atoms with E-state index >= 15 is 0 Å². The van der Waals surface area contributed by atoms with Crippen LogP contribution in [0.4, 0.5) is 17.3 Å². The van der Waals surface area contributed by atoms with Crippen LogP contribution in [0.25, 0.3) is 0 Å². The molecule has 0 saturated carbocycles. The van der Waals surface area contributed by atoms with Gasteiger partial charge in [0.2, 0.25) is 21.8 Å². The van der Waals surface area contributed by atoms with Crippen molar-refractivity contribution in [1.29, 1.82) is 0 Å². The molecule has 2 amide bonds. The predicted molar refractivity (Wildman–Crippen MR) is 124 cm³/mol. The smallest absolute Gasteiger partial charge is 0.243 e. The molecule has 0 N–H and O–H groups in total. The first-order valence-electron chi connectivity index (χ1n) is 11.3. The normalized spacial score (nSPS) is 20.3. The Balaban J connectivity index is 1.21. The summed E-state index contributed by atoms with van der Waals surface area (Å²) < 4.78 is 33.1. The third-order valence-electron chi connectivity index (χ3n) is 6.32. The van der Waals surface area contributed by atoms with Gasteiger partial charge in [-0.25, -0.2) is 8.42 Å². The molecule has 0 spiro atoms. The van der Waals surface area contributed by atoms with Crippen LogP contribution in [0.2, 0.25) is 0 Å². The first-order valence-corrected chi connectivity index (χ1v) is 12.7. The zero-order valence-electron chi connectivity index (χ0n) is 18.7. The molecule has 3 aliphatic heterocycles. The molecule has 0 radical (unpaired) electrons. The number of ether oxygens (including phenoxy) is 1. The van der Waals surface area contributed by atoms with Crippen LogP contribution in [-0.4, -0.2) is 87.2 Å². The van der Waals surface area contributed by atoms with Gasteiger partial charge in [-0.1, -0.05) is 0 Å². The van der Waals surface area contributed by atoms with E-state index in [0.717, 1.165) is 29.6 Å². The zero-order chi connectivity index (χ0) is 23.7. The number of sulfonamides is 1. The summed E-state index contributed by atoms with van der Waals surface area (Å²) in [6, 6.07) is 9.78. The van der Waals surface area contributed by atoms with Crippen LogP contribution in [0.3, 0.4) is 0 Å². The van der Waals surface area contributed by atoms with E-state index in [2.05, 4.69) is 15.1 Å². The fourth-order valence-corrected chi connectivity index (χ4v) is 5.81. The number of imide groups is 1. The van der Waals surface area contributed by atoms with Gasteiger partial charge in [0.05, 0.1) is 23.8 Å². The molecule has 11 nitrogen and oxygen atoms in total. The van der Waals surface area contributed by atoms with Crippen molar-refractivity contribution in [3.63, 3.8) is 0 Å². The molecule has 3 saturated heterocycles. The first kappa shape index (κ1) is 22.7. The van der Waals surface area contributed by atoms with Gasteiger partial charge in [-0.3, -0.25) is 14.5 Å². The Kier molecular flexibility index (Phi) is 6.19. The number of amides is 2. The van der Waals surface area contributed by atoms with Crippen LogP contribution in [0, 0.1) is 0 Å². The summed E-state index contributed by atoms with van der Waals surface area (Å²) in [5, 5.41) is 8.69. The molecule has 0 bridgehead atoms. The van der Waals surface area contributed by atoms with Gasteiger partial charge in [-0.15, -0.1) is 10.2 Å². The van der Waals surface area contributed by atoms with E-state index in [-0.39, 0.29) is 29.6 Å². The molecule has 0 unspecified atom stereocenters. The van der Waals surface area contributed by atoms with Crippen molar-refractivity contribution in [2.75, 3.05) is 67.2 Å². The molecule has 1 aromatic carbocycles. The highest BCUT2D eigenvalue weighted by molar-refractivity contribution is 7.89. The fraction of sp³-hybridized carbons (Fsp3) is 0.455. The summed E-state index contributed by atoms with van der Waals surface area (Å²) in [7, 11) is -3.69. The average Bonchev–Trinajstić information content (AvgIpc) is 3.22. The molecular formula is C22H26N6O5S. The predicted octanol–water partition coefficient (Wildman–Crippen LogP) is 0.478. The van der Waals surface area contributed by atoms with Crippen LogP contribution in [-0.2, 0) is 24.3 Å². The molecule has 180 valence electrons. The van der Waals surface area contributed by atoms with Gasteiger partial charge in [0.25, 0.3) is 0 Å². The molecule has 12 heteroatoms. The van der Waals surface area contributed by atoms with Gasteiger partial charge in [-0.05, 0) is 36.4 Å². The lowest BCUT2D eigenvalue weighted by Gasteiger charge is -2.34. The Hall–Kier alpha value is -3.09. The van der Waals surface area contributed by atoms with Crippen molar-refractivity contribution < 1.29 is 22.7 Å². The summed E-state index contributed by atoms with van der Waals surface area (Å²) in [4.78, 5) is 29.2. The summed E-state index contributed by atoms with van der Waals surface area (Å²) >= 11 is 0. The number of carbonyl (C=O) groups excluding carboxylic acids is 2. The topological polar surface area (TPSA) is 116 Å². The summed E-state index contributed by atoms with van der Waals surface area (Å²) in [5.74, 6) is 1.00. The van der Waals surface area contributed by atoms with Crippen LogP contribution >= 0.6 is 0 Å². The van der Waals surface area contributed by atoms with Crippen molar-refractivity contribution >= 4 is 39.2 Å². The lowest BCUT2D eigenvalue weighted by molar-refractivity contribution is -0.121. The lowest BCUT2D eigenvalue weighted by Crippen LogP contribution is -2.49. The number of piperazine rings is 1. The Morgan fingerprint density at radius 3 is 1.76 bits per heavy atom. The fourth-order valence-electron chi connectivity index (χ4n) is 4.39. The lowest BCUT2D eigenvalue weighted by atomic mass is 10.3. The second-order valence-electron chi connectivity index (χ2n) is 8.36. The molecule has 4 heterocycles. The first-order chi connectivity index (χ1) is 16.4. The van der Waals surface area contributed by atoms with Crippen LogP contribution in [0.5, 0.6) is 0 Å². The van der Waals surface area contributed by atoms with E-state index in [0.29, 0.717) is 45.1 Å². The highest BCUT2D eigenvalue weighted by Gasteiger charge is 2.32. The Bertz CT molecular complexity index is 1140. The number of nitrogens with zero attached hydrogens (tertiary/aromatic N) is 6. The van der Waals surface area contributed by atoms with Gasteiger partial charge in [0.1, 0.15) is 0 Å². The zero-order valence-corrected chi connectivity index (χ0v) is 19.5. The summed E-state index contributed by atoms with van der Waals surface area (Å²) in [6.45, 7) is 4.57. The number of benzene rings is 1. The monoisotopic (exact) mass is 486 g/mol. The number of aromatic nitrogens is 2. The minimum atomic E-state index is -3.69. The highest BCUT2D eigenvalue weighted by Crippen LogP contribution is 2.26. The summed E-state index contributed by atoms with van der Waals surface area (Å²) in [6.07, 6.45) is 0.368. The van der Waals surface area contributed by atoms with E-state index in [9.17, 15) is 18.0 Å². The number of hydrogen-bond donors (Lipinski definition) is 0. The Morgan fingerprint density at radius 1 is 0.706 bits per heavy atom. The molecule has 1 aromatic heterocycles. The van der Waals surface area contributed by atoms with Crippen molar-refractivity contribution in [2.45, 2.75) is 17.7 Å². The maximum atomic E-state index is 13.1. The number of anilines is 3. The van der Waals surface area contributed by atoms with Gasteiger partial charge in [0, 0.05) is 52.1 Å². The third-order valence-corrected chi connectivity index (χ3v) is 8.23. The summed E-state index contributed by atoms with van der Waals surface area (Å²) in [5.41, 5.74) is 0.398. The largest absolute Gasteiger partial charge is 0.378 e. The molecule has 0 aliphatic carbocycles. The van der Waals surface area contributed by atoms with E-state index in [4.69, 9.17) is 4.74 Å². The second-order valence-corrected chi connectivity index (χ2v) is 10.3. The number of rotatable bonds is 5. The van der Waals surface area contributed by atoms with Gasteiger partial charge in [0.15, 0.2) is 11.6 Å². The highest BCUT2D eigenvalue weighted by atomic mass is 32.2. The van der Waals surface area contributed by atoms with Crippen LogP contribution < -0.4 is 14.7 Å². The quantitative estimate of drug-likeness (QED) is 0.556. The van der Waals surface area contributed by atoms with E-state index in [1.54, 1.807) is 0 Å². The number of hydrogen-bond acceptors (Lipinski definition) is 9. The molecule has 3 fully saturated rings. The Morgan fingerprint density at radius 2 is 1.24 bits per heavy atom. The molecule has 0 atom stereocenters. The van der Waals surface area contributed by atoms with Crippen molar-refractivity contribution in [3.05, 3.63) is 36.4 Å². The number of carbonyl (C=O) groups is 2. The second kappa shape index (κ2) is 9.28. The average molecular weight is 487 g/mol. The van der Waals surface area contributed by atoms with Crippen molar-refractivity contribution in [1.82, 2.24) is 14.5 Å². The van der Waals surface area contributed by atoms with E-state index in [1.165, 1.54) is 28.6 Å². The standard InChI is InChI=1S/C22H26N6O5S/c29-21-7-8-22(30)28(21)17-1-3-18(4-2-17)34(31,32)27-11-9-25(10-12-27)19-5-6-20(24-23-19)26-13-15-33-16-14-26/h1-6H,7-16H2. The Labute approximate surface area is 197 Å². The maximum absolute atomic E-state index is 13.1. The van der Waals surface area contributed by atoms with Gasteiger partial charge >= 0.3 is 0 Å². The van der Waals surface area contributed by atoms with Crippen LogP contribution in [0.1, 0.15) is 12.8 Å². The van der Waals surface area contributed by atoms with Crippen molar-refractivity contribution in [2.24, 2.45) is 0 Å². The molecular weight excluding hydrogens is 460 g/mol. The molecule has 3 aliphatic rings. The van der Waals surface area contributed by atoms with Gasteiger partial charge < -0.3 is 14.5 Å². The van der Waals surface area contributed by atoms with Gasteiger partial charge in [-0.2, -0.15) is 4.31 Å². The molecule has 34 heavy (non-hydrogen) atoms. The van der Waals surface area contributed by atoms with E-state index in [1.807, 2.05) is 17.0 Å². The molecule has 2 aromatic rings. The van der Waals surface area contributed by atoms with Crippen LogP contribution in [0.15, 0.2) is 41.3 Å². The SMILES string of the molecule is O=C1CCC(=O)N1c1ccc(S(=O)(=O)N2CCN(c3ccc(N4CCOCC4)nn3)CC2)cc1. The van der Waals surface area contributed by atoms with E-state index < -0.39 is 10.0 Å². The minimum absolute atomic E-state index is 0.137. The third kappa shape index (κ3) is 4.36. The number of morpholine rings is 1. The maximum Gasteiger partial charge on any atom is 0.243 e.